The molecular weight excluding hydrogens is 250 g/mol. The lowest BCUT2D eigenvalue weighted by Gasteiger charge is -2.05. The second kappa shape index (κ2) is 6.57. The van der Waals surface area contributed by atoms with Crippen molar-refractivity contribution in [2.24, 2.45) is 0 Å². The first-order valence-electron chi connectivity index (χ1n) is 6.38. The van der Waals surface area contributed by atoms with E-state index < -0.39 is 0 Å². The van der Waals surface area contributed by atoms with Crippen molar-refractivity contribution in [2.75, 3.05) is 12.4 Å². The molecule has 2 aromatic rings. The second-order valence-electron chi connectivity index (χ2n) is 4.41. The van der Waals surface area contributed by atoms with E-state index in [-0.39, 0.29) is 5.91 Å². The van der Waals surface area contributed by atoms with Crippen molar-refractivity contribution in [3.63, 3.8) is 0 Å². The Kier molecular flexibility index (Phi) is 4.56. The Morgan fingerprint density at radius 2 is 1.70 bits per heavy atom. The summed E-state index contributed by atoms with van der Waals surface area (Å²) < 4.78 is 5.07. The number of hydrogen-bond acceptors (Lipinski definition) is 2. The van der Waals surface area contributed by atoms with E-state index in [0.717, 1.165) is 22.6 Å². The maximum absolute atomic E-state index is 11.9. The zero-order valence-electron chi connectivity index (χ0n) is 11.6. The van der Waals surface area contributed by atoms with Gasteiger partial charge >= 0.3 is 0 Å². The van der Waals surface area contributed by atoms with Crippen molar-refractivity contribution in [3.8, 4) is 5.75 Å². The van der Waals surface area contributed by atoms with Gasteiger partial charge in [0.2, 0.25) is 5.91 Å². The van der Waals surface area contributed by atoms with Gasteiger partial charge in [-0.25, -0.2) is 0 Å². The van der Waals surface area contributed by atoms with Crippen LogP contribution >= 0.6 is 0 Å². The summed E-state index contributed by atoms with van der Waals surface area (Å²) in [6, 6.07) is 17.0. The van der Waals surface area contributed by atoms with Gasteiger partial charge in [-0.2, -0.15) is 0 Å². The third-order valence-corrected chi connectivity index (χ3v) is 2.93. The molecular formula is C17H17NO2. The van der Waals surface area contributed by atoms with E-state index in [1.165, 1.54) is 0 Å². The van der Waals surface area contributed by atoms with E-state index >= 15 is 0 Å². The number of benzene rings is 2. The van der Waals surface area contributed by atoms with Crippen LogP contribution in [0.15, 0.2) is 60.7 Å². The number of hydrogen-bond donors (Lipinski definition) is 1. The van der Waals surface area contributed by atoms with Gasteiger partial charge in [-0.3, -0.25) is 4.79 Å². The zero-order valence-corrected chi connectivity index (χ0v) is 11.6. The molecule has 3 heteroatoms. The summed E-state index contributed by atoms with van der Waals surface area (Å²) in [7, 11) is 1.61. The molecule has 20 heavy (non-hydrogen) atoms. The number of methoxy groups -OCH3 is 1. The zero-order chi connectivity index (χ0) is 14.4. The number of carbonyl (C=O) groups excluding carboxylic acids is 1. The highest BCUT2D eigenvalue weighted by Crippen LogP contribution is 2.16. The molecule has 0 unspecified atom stereocenters. The molecule has 3 nitrogen and oxygen atoms in total. The fourth-order valence-corrected chi connectivity index (χ4v) is 1.83. The van der Waals surface area contributed by atoms with E-state index in [2.05, 4.69) is 5.32 Å². The highest BCUT2D eigenvalue weighted by Gasteiger charge is 2.01. The lowest BCUT2D eigenvalue weighted by atomic mass is 10.1. The average molecular weight is 267 g/mol. The van der Waals surface area contributed by atoms with Crippen LogP contribution in [0.1, 0.15) is 12.5 Å². The lowest BCUT2D eigenvalue weighted by molar-refractivity contribution is -0.111. The molecule has 1 N–H and O–H groups in total. The van der Waals surface area contributed by atoms with Crippen LogP contribution in [0.3, 0.4) is 0 Å². The number of anilines is 1. The van der Waals surface area contributed by atoms with Crippen LogP contribution in [0.25, 0.3) is 5.57 Å². The molecule has 0 atom stereocenters. The normalized spacial score (nSPS) is 11.0. The molecule has 0 aliphatic heterocycles. The maximum atomic E-state index is 11.9. The highest BCUT2D eigenvalue weighted by molar-refractivity contribution is 6.03. The van der Waals surface area contributed by atoms with Gasteiger partial charge in [0.1, 0.15) is 5.75 Å². The van der Waals surface area contributed by atoms with Crippen molar-refractivity contribution < 1.29 is 9.53 Å². The van der Waals surface area contributed by atoms with Crippen LogP contribution in [0.5, 0.6) is 5.75 Å². The largest absolute Gasteiger partial charge is 0.497 e. The molecule has 0 aromatic heterocycles. The van der Waals surface area contributed by atoms with Crippen LogP contribution in [0, 0.1) is 0 Å². The Balaban J connectivity index is 2.04. The summed E-state index contributed by atoms with van der Waals surface area (Å²) in [5.41, 5.74) is 2.71. The van der Waals surface area contributed by atoms with Gasteiger partial charge in [-0.1, -0.05) is 30.3 Å². The first-order chi connectivity index (χ1) is 9.69. The summed E-state index contributed by atoms with van der Waals surface area (Å²) in [6.07, 6.45) is 1.60. The van der Waals surface area contributed by atoms with E-state index in [0.29, 0.717) is 0 Å². The van der Waals surface area contributed by atoms with Gasteiger partial charge in [-0.15, -0.1) is 0 Å². The molecule has 0 bridgehead atoms. The van der Waals surface area contributed by atoms with Gasteiger partial charge in [0.05, 0.1) is 7.11 Å². The van der Waals surface area contributed by atoms with E-state index in [1.54, 1.807) is 13.2 Å². The molecule has 0 radical (unpaired) electrons. The number of ether oxygens (including phenoxy) is 1. The topological polar surface area (TPSA) is 38.3 Å². The van der Waals surface area contributed by atoms with Crippen LogP contribution in [0.4, 0.5) is 5.69 Å². The van der Waals surface area contributed by atoms with Crippen LogP contribution < -0.4 is 10.1 Å². The van der Waals surface area contributed by atoms with Crippen molar-refractivity contribution in [2.45, 2.75) is 6.92 Å². The number of rotatable bonds is 4. The number of allylic oxidation sites excluding steroid dienone is 1. The third kappa shape index (κ3) is 3.72. The Bertz CT molecular complexity index is 601. The standard InChI is InChI=1S/C17H17NO2/c1-13(14-6-4-3-5-7-14)12-17(19)18-15-8-10-16(20-2)11-9-15/h3-12H,1-2H3,(H,18,19)/b13-12-. The van der Waals surface area contributed by atoms with Crippen molar-refractivity contribution in [3.05, 3.63) is 66.2 Å². The van der Waals surface area contributed by atoms with Crippen LogP contribution in [-0.2, 0) is 4.79 Å². The Morgan fingerprint density at radius 1 is 1.05 bits per heavy atom. The molecule has 1 amide bonds. The van der Waals surface area contributed by atoms with Gasteiger partial charge < -0.3 is 10.1 Å². The lowest BCUT2D eigenvalue weighted by Crippen LogP contribution is -2.08. The fourth-order valence-electron chi connectivity index (χ4n) is 1.83. The maximum Gasteiger partial charge on any atom is 0.248 e. The summed E-state index contributed by atoms with van der Waals surface area (Å²) in [5, 5.41) is 2.82. The summed E-state index contributed by atoms with van der Waals surface area (Å²) in [6.45, 7) is 1.92. The minimum absolute atomic E-state index is 0.142. The number of amides is 1. The molecule has 0 aliphatic rings. The quantitative estimate of drug-likeness (QED) is 0.857. The Morgan fingerprint density at radius 3 is 2.30 bits per heavy atom. The minimum Gasteiger partial charge on any atom is -0.497 e. The number of carbonyl (C=O) groups is 1. The highest BCUT2D eigenvalue weighted by atomic mass is 16.5. The fraction of sp³-hybridized carbons (Fsp3) is 0.118. The Labute approximate surface area is 118 Å². The van der Waals surface area contributed by atoms with E-state index in [9.17, 15) is 4.79 Å². The molecule has 2 aromatic carbocycles. The SMILES string of the molecule is COc1ccc(NC(=O)/C=C(/C)c2ccccc2)cc1. The molecule has 0 saturated heterocycles. The number of nitrogens with one attached hydrogen (secondary N) is 1. The van der Waals surface area contributed by atoms with Gasteiger partial charge in [0.15, 0.2) is 0 Å². The molecule has 0 fully saturated rings. The van der Waals surface area contributed by atoms with Crippen molar-refractivity contribution in [1.29, 1.82) is 0 Å². The minimum atomic E-state index is -0.142. The molecule has 0 spiro atoms. The average Bonchev–Trinajstić information content (AvgIpc) is 2.49. The van der Waals surface area contributed by atoms with Crippen LogP contribution in [0.2, 0.25) is 0 Å². The summed E-state index contributed by atoms with van der Waals surface area (Å²) >= 11 is 0. The van der Waals surface area contributed by atoms with Gasteiger partial charge in [0.25, 0.3) is 0 Å². The van der Waals surface area contributed by atoms with E-state index in [4.69, 9.17) is 4.74 Å². The predicted molar refractivity (Wildman–Crippen MR) is 81.7 cm³/mol. The Hall–Kier alpha value is -2.55. The predicted octanol–water partition coefficient (Wildman–Crippen LogP) is 3.74. The summed E-state index contributed by atoms with van der Waals surface area (Å²) in [5.74, 6) is 0.621. The van der Waals surface area contributed by atoms with Gasteiger partial charge in [0, 0.05) is 11.8 Å². The van der Waals surface area contributed by atoms with E-state index in [1.807, 2.05) is 61.5 Å². The first-order valence-corrected chi connectivity index (χ1v) is 6.38. The first kappa shape index (κ1) is 13.9. The third-order valence-electron chi connectivity index (χ3n) is 2.93. The van der Waals surface area contributed by atoms with Crippen LogP contribution in [-0.4, -0.2) is 13.0 Å². The van der Waals surface area contributed by atoms with Gasteiger partial charge in [-0.05, 0) is 42.3 Å². The summed E-state index contributed by atoms with van der Waals surface area (Å²) in [4.78, 5) is 11.9. The van der Waals surface area contributed by atoms with Crippen molar-refractivity contribution in [1.82, 2.24) is 0 Å². The molecule has 0 heterocycles. The second-order valence-corrected chi connectivity index (χ2v) is 4.41. The molecule has 0 aliphatic carbocycles. The smallest absolute Gasteiger partial charge is 0.248 e. The van der Waals surface area contributed by atoms with Crippen molar-refractivity contribution >= 4 is 17.2 Å². The monoisotopic (exact) mass is 267 g/mol. The molecule has 0 saturated carbocycles. The molecule has 2 rings (SSSR count). The molecule has 102 valence electrons.